The molecule has 0 aliphatic carbocycles. The van der Waals surface area contributed by atoms with Crippen LogP contribution in [-0.4, -0.2) is 6.10 Å². The number of hydrogen-bond donors (Lipinski definition) is 1. The van der Waals surface area contributed by atoms with Gasteiger partial charge in [-0.05, 0) is 24.0 Å². The summed E-state index contributed by atoms with van der Waals surface area (Å²) in [6.45, 7) is 2.25. The summed E-state index contributed by atoms with van der Waals surface area (Å²) in [5.74, 6) is 1.44. The molecule has 0 fully saturated rings. The number of ether oxygens (including phenoxy) is 1. The Bertz CT molecular complexity index is 567. The molecule has 104 valence electrons. The zero-order chi connectivity index (χ0) is 13.9. The Labute approximate surface area is 120 Å². The van der Waals surface area contributed by atoms with Crippen molar-refractivity contribution in [3.63, 3.8) is 0 Å². The summed E-state index contributed by atoms with van der Waals surface area (Å²) in [5, 5.41) is 0. The van der Waals surface area contributed by atoms with Crippen LogP contribution in [0.1, 0.15) is 42.9 Å². The number of fused-ring (bicyclic) bond motifs is 1. The van der Waals surface area contributed by atoms with E-state index in [0.29, 0.717) is 5.92 Å². The quantitative estimate of drug-likeness (QED) is 0.911. The highest BCUT2D eigenvalue weighted by Crippen LogP contribution is 2.36. The van der Waals surface area contributed by atoms with Crippen LogP contribution < -0.4 is 10.5 Å². The molecule has 2 aromatic carbocycles. The lowest BCUT2D eigenvalue weighted by atomic mass is 9.89. The molecule has 0 bridgehead atoms. The minimum atomic E-state index is 0.0907. The fourth-order valence-electron chi connectivity index (χ4n) is 2.99. The monoisotopic (exact) mass is 267 g/mol. The molecular formula is C18H21NO. The summed E-state index contributed by atoms with van der Waals surface area (Å²) < 4.78 is 6.11. The normalized spacial score (nSPS) is 22.7. The zero-order valence-electron chi connectivity index (χ0n) is 11.8. The molecule has 1 aliphatic heterocycles. The first-order chi connectivity index (χ1) is 9.74. The van der Waals surface area contributed by atoms with Crippen molar-refractivity contribution in [3.05, 3.63) is 65.7 Å². The molecule has 2 N–H and O–H groups in total. The summed E-state index contributed by atoms with van der Waals surface area (Å²) in [6, 6.07) is 18.8. The second-order valence-corrected chi connectivity index (χ2v) is 5.67. The molecule has 0 radical (unpaired) electrons. The summed E-state index contributed by atoms with van der Waals surface area (Å²) in [5.41, 5.74) is 8.77. The van der Waals surface area contributed by atoms with Crippen molar-refractivity contribution in [2.45, 2.75) is 37.8 Å². The van der Waals surface area contributed by atoms with Gasteiger partial charge in [-0.3, -0.25) is 0 Å². The van der Waals surface area contributed by atoms with E-state index in [-0.39, 0.29) is 12.1 Å². The second kappa shape index (κ2) is 5.68. The maximum Gasteiger partial charge on any atom is 0.124 e. The van der Waals surface area contributed by atoms with E-state index < -0.39 is 0 Å². The smallest absolute Gasteiger partial charge is 0.124 e. The first-order valence-corrected chi connectivity index (χ1v) is 7.30. The molecule has 2 heteroatoms. The van der Waals surface area contributed by atoms with Gasteiger partial charge in [0.1, 0.15) is 11.9 Å². The van der Waals surface area contributed by atoms with Crippen LogP contribution in [0.5, 0.6) is 5.75 Å². The van der Waals surface area contributed by atoms with Crippen LogP contribution in [0, 0.1) is 0 Å². The first-order valence-electron chi connectivity index (χ1n) is 7.30. The van der Waals surface area contributed by atoms with Crippen molar-refractivity contribution in [1.29, 1.82) is 0 Å². The predicted molar refractivity (Wildman–Crippen MR) is 81.9 cm³/mol. The molecular weight excluding hydrogens is 246 g/mol. The van der Waals surface area contributed by atoms with E-state index in [1.54, 1.807) is 0 Å². The molecule has 3 atom stereocenters. The zero-order valence-corrected chi connectivity index (χ0v) is 11.8. The van der Waals surface area contributed by atoms with Crippen molar-refractivity contribution in [3.8, 4) is 5.75 Å². The summed E-state index contributed by atoms with van der Waals surface area (Å²) in [6.07, 6.45) is 2.11. The third kappa shape index (κ3) is 2.70. The first kappa shape index (κ1) is 13.2. The van der Waals surface area contributed by atoms with Crippen LogP contribution in [0.4, 0.5) is 0 Å². The fraction of sp³-hybridized carbons (Fsp3) is 0.333. The lowest BCUT2D eigenvalue weighted by Gasteiger charge is -2.31. The molecule has 20 heavy (non-hydrogen) atoms. The summed E-state index contributed by atoms with van der Waals surface area (Å²) in [7, 11) is 0. The van der Waals surface area contributed by atoms with Gasteiger partial charge in [-0.2, -0.15) is 0 Å². The molecule has 3 rings (SSSR count). The van der Waals surface area contributed by atoms with Gasteiger partial charge in [0.05, 0.1) is 0 Å². The highest BCUT2D eigenvalue weighted by atomic mass is 16.5. The number of para-hydroxylation sites is 1. The minimum Gasteiger partial charge on any atom is -0.490 e. The number of hydrogen-bond acceptors (Lipinski definition) is 2. The van der Waals surface area contributed by atoms with Crippen LogP contribution in [-0.2, 0) is 0 Å². The van der Waals surface area contributed by atoms with Gasteiger partial charge >= 0.3 is 0 Å². The Morgan fingerprint density at radius 2 is 1.80 bits per heavy atom. The van der Waals surface area contributed by atoms with Crippen LogP contribution in [0.25, 0.3) is 0 Å². The van der Waals surface area contributed by atoms with E-state index in [9.17, 15) is 0 Å². The van der Waals surface area contributed by atoms with Gasteiger partial charge in [-0.25, -0.2) is 0 Å². The largest absolute Gasteiger partial charge is 0.490 e. The molecule has 2 nitrogen and oxygen atoms in total. The van der Waals surface area contributed by atoms with Gasteiger partial charge in [0.25, 0.3) is 0 Å². The maximum atomic E-state index is 6.27. The molecule has 1 aliphatic rings. The van der Waals surface area contributed by atoms with Gasteiger partial charge in [-0.15, -0.1) is 0 Å². The molecule has 0 saturated heterocycles. The van der Waals surface area contributed by atoms with Crippen molar-refractivity contribution in [2.75, 3.05) is 0 Å². The van der Waals surface area contributed by atoms with Crippen molar-refractivity contribution >= 4 is 0 Å². The van der Waals surface area contributed by atoms with E-state index >= 15 is 0 Å². The van der Waals surface area contributed by atoms with E-state index in [0.717, 1.165) is 24.2 Å². The van der Waals surface area contributed by atoms with E-state index in [1.807, 2.05) is 18.2 Å². The standard InChI is InChI=1S/C18H21NO/c1-13(14-7-3-2-4-8-14)11-15-12-17(19)16-9-5-6-10-18(16)20-15/h2-10,13,15,17H,11-12,19H2,1H3/t13?,15?,17-/m1/s1. The highest BCUT2D eigenvalue weighted by Gasteiger charge is 2.26. The number of rotatable bonds is 3. The van der Waals surface area contributed by atoms with Crippen LogP contribution in [0.2, 0.25) is 0 Å². The summed E-state index contributed by atoms with van der Waals surface area (Å²) >= 11 is 0. The van der Waals surface area contributed by atoms with Crippen LogP contribution in [0.3, 0.4) is 0 Å². The van der Waals surface area contributed by atoms with Crippen molar-refractivity contribution in [1.82, 2.24) is 0 Å². The Morgan fingerprint density at radius 1 is 1.10 bits per heavy atom. The SMILES string of the molecule is CC(CC1C[C@@H](N)c2ccccc2O1)c1ccccc1. The van der Waals surface area contributed by atoms with E-state index in [4.69, 9.17) is 10.5 Å². The molecule has 2 unspecified atom stereocenters. The van der Waals surface area contributed by atoms with Gasteiger partial charge in [0, 0.05) is 18.0 Å². The van der Waals surface area contributed by atoms with Gasteiger partial charge in [-0.1, -0.05) is 55.5 Å². The summed E-state index contributed by atoms with van der Waals surface area (Å²) in [4.78, 5) is 0. The topological polar surface area (TPSA) is 35.2 Å². The molecule has 1 heterocycles. The van der Waals surface area contributed by atoms with Gasteiger partial charge < -0.3 is 10.5 Å². The van der Waals surface area contributed by atoms with E-state index in [1.165, 1.54) is 5.56 Å². The third-order valence-electron chi connectivity index (χ3n) is 4.11. The van der Waals surface area contributed by atoms with Crippen LogP contribution >= 0.6 is 0 Å². The Hall–Kier alpha value is -1.80. The van der Waals surface area contributed by atoms with Crippen LogP contribution in [0.15, 0.2) is 54.6 Å². The molecule has 0 spiro atoms. The molecule has 0 aromatic heterocycles. The average molecular weight is 267 g/mol. The highest BCUT2D eigenvalue weighted by molar-refractivity contribution is 5.37. The van der Waals surface area contributed by atoms with Crippen molar-refractivity contribution in [2.24, 2.45) is 5.73 Å². The van der Waals surface area contributed by atoms with E-state index in [2.05, 4.69) is 43.3 Å². The predicted octanol–water partition coefficient (Wildman–Crippen LogP) is 4.03. The third-order valence-corrected chi connectivity index (χ3v) is 4.11. The minimum absolute atomic E-state index is 0.0907. The Balaban J connectivity index is 1.71. The number of nitrogens with two attached hydrogens (primary N) is 1. The molecule has 0 amide bonds. The Morgan fingerprint density at radius 3 is 2.60 bits per heavy atom. The average Bonchev–Trinajstić information content (AvgIpc) is 2.48. The Kier molecular flexibility index (Phi) is 3.75. The lowest BCUT2D eigenvalue weighted by Crippen LogP contribution is -2.30. The number of benzene rings is 2. The van der Waals surface area contributed by atoms with Crippen molar-refractivity contribution < 1.29 is 4.74 Å². The fourth-order valence-corrected chi connectivity index (χ4v) is 2.99. The second-order valence-electron chi connectivity index (χ2n) is 5.67. The lowest BCUT2D eigenvalue weighted by molar-refractivity contribution is 0.143. The van der Waals surface area contributed by atoms with Gasteiger partial charge in [0.2, 0.25) is 0 Å². The molecule has 0 saturated carbocycles. The maximum absolute atomic E-state index is 6.27. The van der Waals surface area contributed by atoms with Gasteiger partial charge in [0.15, 0.2) is 0 Å². The molecule has 2 aromatic rings.